The van der Waals surface area contributed by atoms with E-state index in [9.17, 15) is 9.59 Å². The Kier molecular flexibility index (Phi) is 5.99. The molecule has 1 aromatic carbocycles. The smallest absolute Gasteiger partial charge is 0.325 e. The minimum Gasteiger partial charge on any atom is -0.495 e. The van der Waals surface area contributed by atoms with E-state index in [1.54, 1.807) is 23.6 Å². The number of anilines is 3. The molecular weight excluding hydrogens is 386 g/mol. The molecule has 3 rings (SSSR count). The molecule has 10 heteroatoms. The zero-order chi connectivity index (χ0) is 19.2. The van der Waals surface area contributed by atoms with Crippen molar-refractivity contribution in [1.82, 2.24) is 9.97 Å². The number of carbonyl (C=O) groups is 2. The average Bonchev–Trinajstić information content (AvgIpc) is 3.24. The van der Waals surface area contributed by atoms with Gasteiger partial charge in [-0.2, -0.15) is 0 Å². The van der Waals surface area contributed by atoms with Gasteiger partial charge in [0.25, 0.3) is 0 Å². The molecule has 8 nitrogen and oxygen atoms in total. The lowest BCUT2D eigenvalue weighted by molar-refractivity contribution is -0.115. The van der Waals surface area contributed by atoms with Gasteiger partial charge in [-0.15, -0.1) is 22.7 Å². The Morgan fingerprint density at radius 2 is 1.78 bits per heavy atom. The van der Waals surface area contributed by atoms with Gasteiger partial charge in [0.2, 0.25) is 5.91 Å². The third kappa shape index (κ3) is 5.25. The summed E-state index contributed by atoms with van der Waals surface area (Å²) in [6.07, 6.45) is 0.102. The number of nitrogens with one attached hydrogen (secondary N) is 3. The third-order valence-corrected chi connectivity index (χ3v) is 5.02. The monoisotopic (exact) mass is 403 g/mol. The average molecular weight is 403 g/mol. The number of ether oxygens (including phenoxy) is 1. The number of thiazole rings is 2. The molecule has 0 aliphatic heterocycles. The maximum Gasteiger partial charge on any atom is 0.325 e. The van der Waals surface area contributed by atoms with E-state index < -0.39 is 6.03 Å². The van der Waals surface area contributed by atoms with E-state index in [4.69, 9.17) is 4.74 Å². The number of urea groups is 1. The van der Waals surface area contributed by atoms with Gasteiger partial charge in [-0.1, -0.05) is 12.1 Å². The van der Waals surface area contributed by atoms with Crippen molar-refractivity contribution >= 4 is 50.6 Å². The topological polar surface area (TPSA) is 105 Å². The normalized spacial score (nSPS) is 10.3. The molecule has 27 heavy (non-hydrogen) atoms. The van der Waals surface area contributed by atoms with Crippen molar-refractivity contribution in [2.24, 2.45) is 0 Å². The summed E-state index contributed by atoms with van der Waals surface area (Å²) in [6, 6.07) is 6.65. The maximum absolute atomic E-state index is 12.1. The molecule has 2 heterocycles. The first-order valence-electron chi connectivity index (χ1n) is 7.91. The first-order chi connectivity index (χ1) is 13.0. The number of benzene rings is 1. The highest BCUT2D eigenvalue weighted by Gasteiger charge is 2.12. The van der Waals surface area contributed by atoms with Crippen LogP contribution in [0.1, 0.15) is 11.4 Å². The molecule has 140 valence electrons. The van der Waals surface area contributed by atoms with Crippen LogP contribution in [0.5, 0.6) is 5.75 Å². The molecule has 0 saturated carbocycles. The zero-order valence-corrected chi connectivity index (χ0v) is 16.2. The molecule has 0 aliphatic carbocycles. The Morgan fingerprint density at radius 1 is 1.04 bits per heavy atom. The number of aromatic nitrogens is 2. The second kappa shape index (κ2) is 8.60. The SMILES string of the molecule is COc1ccccc1NC(=O)Nc1nc(CC(=O)Nc2nc(C)cs2)cs1. The molecule has 0 fully saturated rings. The van der Waals surface area contributed by atoms with Crippen molar-refractivity contribution in [2.45, 2.75) is 13.3 Å². The molecule has 0 radical (unpaired) electrons. The molecule has 3 N–H and O–H groups in total. The van der Waals surface area contributed by atoms with Crippen LogP contribution < -0.4 is 20.7 Å². The Bertz CT molecular complexity index is 953. The molecule has 0 atom stereocenters. The lowest BCUT2D eigenvalue weighted by atomic mass is 10.3. The fourth-order valence-electron chi connectivity index (χ4n) is 2.18. The van der Waals surface area contributed by atoms with Crippen molar-refractivity contribution in [3.05, 3.63) is 46.4 Å². The number of amides is 3. The first kappa shape index (κ1) is 18.8. The van der Waals surface area contributed by atoms with Crippen LogP contribution in [0.3, 0.4) is 0 Å². The Hall–Kier alpha value is -2.98. The van der Waals surface area contributed by atoms with Crippen LogP contribution >= 0.6 is 22.7 Å². The third-order valence-electron chi connectivity index (χ3n) is 3.33. The second-order valence-electron chi connectivity index (χ2n) is 5.44. The highest BCUT2D eigenvalue weighted by atomic mass is 32.1. The summed E-state index contributed by atoms with van der Waals surface area (Å²) in [4.78, 5) is 32.6. The van der Waals surface area contributed by atoms with Crippen molar-refractivity contribution < 1.29 is 14.3 Å². The van der Waals surface area contributed by atoms with E-state index in [2.05, 4.69) is 25.9 Å². The molecule has 3 amide bonds. The Morgan fingerprint density at radius 3 is 2.52 bits per heavy atom. The highest BCUT2D eigenvalue weighted by molar-refractivity contribution is 7.14. The summed E-state index contributed by atoms with van der Waals surface area (Å²) in [5.74, 6) is 0.348. The van der Waals surface area contributed by atoms with Gasteiger partial charge in [-0.05, 0) is 19.1 Å². The van der Waals surface area contributed by atoms with Crippen molar-refractivity contribution in [3.8, 4) is 5.75 Å². The number of carbonyl (C=O) groups excluding carboxylic acids is 2. The van der Waals surface area contributed by atoms with Crippen LogP contribution in [0.4, 0.5) is 20.7 Å². The second-order valence-corrected chi connectivity index (χ2v) is 7.16. The molecule has 0 bridgehead atoms. The van der Waals surface area contributed by atoms with Gasteiger partial charge in [0.15, 0.2) is 10.3 Å². The van der Waals surface area contributed by atoms with Gasteiger partial charge < -0.3 is 15.4 Å². The highest BCUT2D eigenvalue weighted by Crippen LogP contribution is 2.24. The van der Waals surface area contributed by atoms with Crippen molar-refractivity contribution in [1.29, 1.82) is 0 Å². The number of rotatable bonds is 6. The van der Waals surface area contributed by atoms with Crippen LogP contribution in [0.2, 0.25) is 0 Å². The van der Waals surface area contributed by atoms with Gasteiger partial charge in [-0.25, -0.2) is 14.8 Å². The Balaban J connectivity index is 1.54. The number of methoxy groups -OCH3 is 1. The molecule has 0 unspecified atom stereocenters. The largest absolute Gasteiger partial charge is 0.495 e. The summed E-state index contributed by atoms with van der Waals surface area (Å²) < 4.78 is 5.19. The maximum atomic E-state index is 12.1. The van der Waals surface area contributed by atoms with Gasteiger partial charge in [-0.3, -0.25) is 10.1 Å². The van der Waals surface area contributed by atoms with Crippen LogP contribution in [-0.2, 0) is 11.2 Å². The van der Waals surface area contributed by atoms with Crippen LogP contribution in [0, 0.1) is 6.92 Å². The predicted octanol–water partition coefficient (Wildman–Crippen LogP) is 3.74. The quantitative estimate of drug-likeness (QED) is 0.581. The molecule has 2 aromatic heterocycles. The van der Waals surface area contributed by atoms with Crippen molar-refractivity contribution in [2.75, 3.05) is 23.1 Å². The summed E-state index contributed by atoms with van der Waals surface area (Å²) in [6.45, 7) is 1.86. The van der Waals surface area contributed by atoms with Crippen molar-refractivity contribution in [3.63, 3.8) is 0 Å². The summed E-state index contributed by atoms with van der Waals surface area (Å²) in [5.41, 5.74) is 1.97. The summed E-state index contributed by atoms with van der Waals surface area (Å²) in [7, 11) is 1.53. The number of nitrogens with zero attached hydrogens (tertiary/aromatic N) is 2. The lowest BCUT2D eigenvalue weighted by Crippen LogP contribution is -2.20. The van der Waals surface area contributed by atoms with Gasteiger partial charge >= 0.3 is 6.03 Å². The first-order valence-corrected chi connectivity index (χ1v) is 9.67. The van der Waals surface area contributed by atoms with E-state index in [1.807, 2.05) is 18.4 Å². The number of aryl methyl sites for hydroxylation is 1. The number of hydrogen-bond acceptors (Lipinski definition) is 7. The van der Waals surface area contributed by atoms with Gasteiger partial charge in [0.05, 0.1) is 30.6 Å². The van der Waals surface area contributed by atoms with E-state index in [0.717, 1.165) is 5.69 Å². The minimum atomic E-state index is -0.442. The van der Waals surface area contributed by atoms with Crippen LogP contribution in [0.25, 0.3) is 0 Å². The molecular formula is C17H17N5O3S2. The Labute approximate surface area is 163 Å². The van der Waals surface area contributed by atoms with E-state index in [-0.39, 0.29) is 12.3 Å². The standard InChI is InChI=1S/C17H17N5O3S2/c1-10-8-26-16(18-10)21-14(23)7-11-9-27-17(19-11)22-15(24)20-12-5-3-4-6-13(12)25-2/h3-6,8-9H,7H2,1-2H3,(H,18,21,23)(H2,19,20,22,24). The minimum absolute atomic E-state index is 0.102. The fourth-order valence-corrected chi connectivity index (χ4v) is 3.59. The number of para-hydroxylation sites is 2. The van der Waals surface area contributed by atoms with E-state index in [1.165, 1.54) is 29.8 Å². The van der Waals surface area contributed by atoms with E-state index >= 15 is 0 Å². The molecule has 3 aromatic rings. The summed E-state index contributed by atoms with van der Waals surface area (Å²) in [5, 5.41) is 12.6. The fraction of sp³-hybridized carbons (Fsp3) is 0.176. The van der Waals surface area contributed by atoms with Crippen LogP contribution in [0.15, 0.2) is 35.0 Å². The lowest BCUT2D eigenvalue weighted by Gasteiger charge is -2.09. The predicted molar refractivity (Wildman–Crippen MR) is 107 cm³/mol. The van der Waals surface area contributed by atoms with Gasteiger partial charge in [0, 0.05) is 10.8 Å². The van der Waals surface area contributed by atoms with Crippen LogP contribution in [-0.4, -0.2) is 29.0 Å². The molecule has 0 saturated heterocycles. The number of hydrogen-bond donors (Lipinski definition) is 3. The van der Waals surface area contributed by atoms with Gasteiger partial charge in [0.1, 0.15) is 5.75 Å². The molecule has 0 aliphatic rings. The zero-order valence-electron chi connectivity index (χ0n) is 14.6. The summed E-state index contributed by atoms with van der Waals surface area (Å²) >= 11 is 2.61. The van der Waals surface area contributed by atoms with E-state index in [0.29, 0.717) is 27.4 Å². The molecule has 0 spiro atoms.